The van der Waals surface area contributed by atoms with E-state index in [4.69, 9.17) is 5.73 Å². The number of hydrogen-bond donors (Lipinski definition) is 1. The molecular formula is C13H20N2S. The molecule has 1 heterocycles. The predicted octanol–water partition coefficient (Wildman–Crippen LogP) is 3.65. The Morgan fingerprint density at radius 3 is 2.81 bits per heavy atom. The number of hydrogen-bond acceptors (Lipinski definition) is 3. The maximum atomic E-state index is 6.36. The van der Waals surface area contributed by atoms with Crippen molar-refractivity contribution in [3.8, 4) is 0 Å². The molecule has 1 aromatic rings. The van der Waals surface area contributed by atoms with E-state index < -0.39 is 0 Å². The van der Waals surface area contributed by atoms with Crippen LogP contribution in [0.2, 0.25) is 0 Å². The highest BCUT2D eigenvalue weighted by atomic mass is 32.1. The van der Waals surface area contributed by atoms with E-state index >= 15 is 0 Å². The summed E-state index contributed by atoms with van der Waals surface area (Å²) in [5.74, 6) is 0. The summed E-state index contributed by atoms with van der Waals surface area (Å²) < 4.78 is 0. The van der Waals surface area contributed by atoms with Crippen molar-refractivity contribution in [3.63, 3.8) is 0 Å². The minimum absolute atomic E-state index is 0.0873. The van der Waals surface area contributed by atoms with E-state index in [1.54, 1.807) is 11.3 Å². The molecule has 2 N–H and O–H groups in total. The summed E-state index contributed by atoms with van der Waals surface area (Å²) in [4.78, 5) is 5.72. The summed E-state index contributed by atoms with van der Waals surface area (Å²) in [5.41, 5.74) is 8.89. The first-order valence-corrected chi connectivity index (χ1v) is 6.88. The second-order valence-electron chi connectivity index (χ2n) is 4.54. The summed E-state index contributed by atoms with van der Waals surface area (Å²) in [6.07, 6.45) is 8.66. The van der Waals surface area contributed by atoms with Crippen molar-refractivity contribution in [3.05, 3.63) is 27.2 Å². The van der Waals surface area contributed by atoms with Gasteiger partial charge in [0.1, 0.15) is 0 Å². The Bertz CT molecular complexity index is 393. The van der Waals surface area contributed by atoms with Crippen LogP contribution in [0, 0.1) is 13.8 Å². The highest BCUT2D eigenvalue weighted by molar-refractivity contribution is 7.11. The Balaban J connectivity index is 2.20. The van der Waals surface area contributed by atoms with Gasteiger partial charge in [-0.25, -0.2) is 4.98 Å². The fraction of sp³-hybridized carbons (Fsp3) is 0.615. The maximum absolute atomic E-state index is 6.36. The van der Waals surface area contributed by atoms with Crippen LogP contribution in [0.1, 0.15) is 53.7 Å². The SMILES string of the molecule is Cc1nc(C)c(C(N)C2=CCCCCC2)s1. The van der Waals surface area contributed by atoms with Crippen LogP contribution in [0.4, 0.5) is 0 Å². The molecule has 0 saturated carbocycles. The number of aromatic nitrogens is 1. The highest BCUT2D eigenvalue weighted by Crippen LogP contribution is 2.32. The van der Waals surface area contributed by atoms with Crippen LogP contribution in [-0.4, -0.2) is 4.98 Å². The largest absolute Gasteiger partial charge is 0.320 e. The minimum atomic E-state index is 0.0873. The number of nitrogens with two attached hydrogens (primary N) is 1. The van der Waals surface area contributed by atoms with Gasteiger partial charge in [-0.3, -0.25) is 0 Å². The Morgan fingerprint density at radius 2 is 2.12 bits per heavy atom. The second kappa shape index (κ2) is 5.11. The van der Waals surface area contributed by atoms with Gasteiger partial charge in [0.25, 0.3) is 0 Å². The fourth-order valence-electron chi connectivity index (χ4n) is 2.33. The van der Waals surface area contributed by atoms with Crippen molar-refractivity contribution in [2.75, 3.05) is 0 Å². The van der Waals surface area contributed by atoms with Crippen LogP contribution < -0.4 is 5.73 Å². The van der Waals surface area contributed by atoms with Gasteiger partial charge in [0, 0.05) is 4.88 Å². The summed E-state index contributed by atoms with van der Waals surface area (Å²) in [6.45, 7) is 4.12. The van der Waals surface area contributed by atoms with Crippen molar-refractivity contribution in [2.45, 2.75) is 52.0 Å². The summed E-state index contributed by atoms with van der Waals surface area (Å²) >= 11 is 1.75. The van der Waals surface area contributed by atoms with Crippen LogP contribution in [0.15, 0.2) is 11.6 Å². The van der Waals surface area contributed by atoms with Gasteiger partial charge in [-0.05, 0) is 39.5 Å². The number of aryl methyl sites for hydroxylation is 2. The third-order valence-corrected chi connectivity index (χ3v) is 4.35. The Kier molecular flexibility index (Phi) is 3.77. The number of rotatable bonds is 2. The Labute approximate surface area is 102 Å². The van der Waals surface area contributed by atoms with Crippen molar-refractivity contribution >= 4 is 11.3 Å². The molecule has 0 aromatic carbocycles. The number of allylic oxidation sites excluding steroid dienone is 1. The normalized spacial score (nSPS) is 19.1. The lowest BCUT2D eigenvalue weighted by Crippen LogP contribution is -2.13. The van der Waals surface area contributed by atoms with Crippen molar-refractivity contribution < 1.29 is 0 Å². The molecule has 0 amide bonds. The molecule has 1 aliphatic rings. The molecule has 0 spiro atoms. The van der Waals surface area contributed by atoms with Gasteiger partial charge in [0.05, 0.1) is 16.7 Å². The van der Waals surface area contributed by atoms with E-state index in [-0.39, 0.29) is 6.04 Å². The lowest BCUT2D eigenvalue weighted by atomic mass is 10.0. The van der Waals surface area contributed by atoms with Gasteiger partial charge in [0.15, 0.2) is 0 Å². The third kappa shape index (κ3) is 2.53. The van der Waals surface area contributed by atoms with E-state index in [1.165, 1.54) is 36.1 Å². The summed E-state index contributed by atoms with van der Waals surface area (Å²) in [7, 11) is 0. The van der Waals surface area contributed by atoms with E-state index in [0.29, 0.717) is 0 Å². The van der Waals surface area contributed by atoms with Gasteiger partial charge >= 0.3 is 0 Å². The molecule has 1 aromatic heterocycles. The first-order chi connectivity index (χ1) is 7.68. The standard InChI is InChI=1S/C13H20N2S/c1-9-13(16-10(2)15-9)12(14)11-7-5-3-4-6-8-11/h7,12H,3-6,8,14H2,1-2H3. The van der Waals surface area contributed by atoms with Gasteiger partial charge in [-0.2, -0.15) is 0 Å². The molecule has 1 unspecified atom stereocenters. The lowest BCUT2D eigenvalue weighted by molar-refractivity contribution is 0.689. The lowest BCUT2D eigenvalue weighted by Gasteiger charge is -2.14. The minimum Gasteiger partial charge on any atom is -0.320 e. The van der Waals surface area contributed by atoms with Crippen molar-refractivity contribution in [1.82, 2.24) is 4.98 Å². The molecule has 0 bridgehead atoms. The zero-order valence-corrected chi connectivity index (χ0v) is 10.9. The monoisotopic (exact) mass is 236 g/mol. The van der Waals surface area contributed by atoms with E-state index in [2.05, 4.69) is 24.9 Å². The quantitative estimate of drug-likeness (QED) is 0.796. The maximum Gasteiger partial charge on any atom is 0.0900 e. The molecule has 0 saturated heterocycles. The van der Waals surface area contributed by atoms with Crippen LogP contribution in [-0.2, 0) is 0 Å². The molecule has 2 nitrogen and oxygen atoms in total. The van der Waals surface area contributed by atoms with Gasteiger partial charge < -0.3 is 5.73 Å². The van der Waals surface area contributed by atoms with Gasteiger partial charge in [0.2, 0.25) is 0 Å². The van der Waals surface area contributed by atoms with Crippen LogP contribution in [0.25, 0.3) is 0 Å². The fourth-order valence-corrected chi connectivity index (χ4v) is 3.30. The van der Waals surface area contributed by atoms with Gasteiger partial charge in [-0.15, -0.1) is 11.3 Å². The molecule has 0 fully saturated rings. The number of nitrogens with zero attached hydrogens (tertiary/aromatic N) is 1. The first kappa shape index (κ1) is 11.8. The molecule has 1 atom stereocenters. The number of thiazole rings is 1. The molecule has 16 heavy (non-hydrogen) atoms. The zero-order chi connectivity index (χ0) is 11.5. The average molecular weight is 236 g/mol. The van der Waals surface area contributed by atoms with E-state index in [0.717, 1.165) is 17.1 Å². The van der Waals surface area contributed by atoms with Crippen molar-refractivity contribution in [1.29, 1.82) is 0 Å². The molecular weight excluding hydrogens is 216 g/mol. The van der Waals surface area contributed by atoms with Crippen LogP contribution >= 0.6 is 11.3 Å². The molecule has 2 rings (SSSR count). The zero-order valence-electron chi connectivity index (χ0n) is 10.1. The van der Waals surface area contributed by atoms with E-state index in [1.807, 2.05) is 0 Å². The molecule has 0 aliphatic heterocycles. The highest BCUT2D eigenvalue weighted by Gasteiger charge is 2.18. The molecule has 3 heteroatoms. The Morgan fingerprint density at radius 1 is 1.31 bits per heavy atom. The second-order valence-corrected chi connectivity index (χ2v) is 5.77. The van der Waals surface area contributed by atoms with Crippen LogP contribution in [0.5, 0.6) is 0 Å². The predicted molar refractivity (Wildman–Crippen MR) is 69.7 cm³/mol. The summed E-state index contributed by atoms with van der Waals surface area (Å²) in [6, 6.07) is 0.0873. The molecule has 0 radical (unpaired) electrons. The first-order valence-electron chi connectivity index (χ1n) is 6.07. The summed E-state index contributed by atoms with van der Waals surface area (Å²) in [5, 5.41) is 1.12. The van der Waals surface area contributed by atoms with Crippen LogP contribution in [0.3, 0.4) is 0 Å². The van der Waals surface area contributed by atoms with Crippen molar-refractivity contribution in [2.24, 2.45) is 5.73 Å². The Hall–Kier alpha value is -0.670. The smallest absolute Gasteiger partial charge is 0.0900 e. The van der Waals surface area contributed by atoms with Gasteiger partial charge in [-0.1, -0.05) is 18.1 Å². The molecule has 88 valence electrons. The van der Waals surface area contributed by atoms with E-state index in [9.17, 15) is 0 Å². The molecule has 1 aliphatic carbocycles. The third-order valence-electron chi connectivity index (χ3n) is 3.20. The average Bonchev–Trinajstić information content (AvgIpc) is 2.49. The topological polar surface area (TPSA) is 38.9 Å².